The Morgan fingerprint density at radius 2 is 2.00 bits per heavy atom. The van der Waals surface area contributed by atoms with Crippen molar-refractivity contribution in [2.45, 2.75) is 23.7 Å². The Morgan fingerprint density at radius 1 is 1.21 bits per heavy atom. The maximum atomic E-state index is 13.1. The van der Waals surface area contributed by atoms with Crippen molar-refractivity contribution in [1.82, 2.24) is 10.2 Å². The minimum Gasteiger partial charge on any atom is -0.503 e. The number of rotatable bonds is 7. The van der Waals surface area contributed by atoms with E-state index in [4.69, 9.17) is 0 Å². The van der Waals surface area contributed by atoms with Gasteiger partial charge in [-0.3, -0.25) is 14.5 Å². The fourth-order valence-electron chi connectivity index (χ4n) is 3.07. The minimum atomic E-state index is -0.754. The predicted molar refractivity (Wildman–Crippen MR) is 116 cm³/mol. The molecule has 6 nitrogen and oxygen atoms in total. The predicted octanol–water partition coefficient (Wildman–Crippen LogP) is 4.88. The van der Waals surface area contributed by atoms with Gasteiger partial charge >= 0.3 is 0 Å². The molecule has 0 radical (unpaired) electrons. The standard InChI is InChI=1S/C20H17N3O3S3/c1-2-10-28-20-22-21-19(29-20)23-15(12-7-4-3-5-8-12)14(17(25)18(23)26)16(24)13-9-6-11-27-13/h3-9,11,15,25H,2,10H2,1H3/t15-/m1/s1. The molecule has 2 aromatic heterocycles. The molecule has 9 heteroatoms. The molecule has 0 saturated carbocycles. The third kappa shape index (κ3) is 3.73. The number of aliphatic hydroxyl groups is 1. The summed E-state index contributed by atoms with van der Waals surface area (Å²) in [7, 11) is 0. The summed E-state index contributed by atoms with van der Waals surface area (Å²) in [6.07, 6.45) is 0.997. The molecule has 1 aliphatic rings. The number of hydrogen-bond donors (Lipinski definition) is 1. The SMILES string of the molecule is CCCSc1nnc(N2C(=O)C(O)=C(C(=O)c3cccs3)[C@H]2c2ccccc2)s1. The van der Waals surface area contributed by atoms with E-state index >= 15 is 0 Å². The van der Waals surface area contributed by atoms with Gasteiger partial charge in [-0.05, 0) is 23.4 Å². The van der Waals surface area contributed by atoms with E-state index in [1.54, 1.807) is 29.3 Å². The topological polar surface area (TPSA) is 83.4 Å². The molecule has 1 aromatic carbocycles. The van der Waals surface area contributed by atoms with Crippen molar-refractivity contribution in [3.8, 4) is 0 Å². The highest BCUT2D eigenvalue weighted by Crippen LogP contribution is 2.43. The van der Waals surface area contributed by atoms with Crippen LogP contribution in [0.25, 0.3) is 0 Å². The molecule has 4 rings (SSSR count). The van der Waals surface area contributed by atoms with Gasteiger partial charge in [0.2, 0.25) is 10.9 Å². The highest BCUT2D eigenvalue weighted by atomic mass is 32.2. The van der Waals surface area contributed by atoms with Crippen LogP contribution in [0.2, 0.25) is 0 Å². The number of thioether (sulfide) groups is 1. The van der Waals surface area contributed by atoms with Gasteiger partial charge in [-0.1, -0.05) is 66.4 Å². The summed E-state index contributed by atoms with van der Waals surface area (Å²) in [6.45, 7) is 2.08. The van der Waals surface area contributed by atoms with Crippen LogP contribution >= 0.6 is 34.4 Å². The lowest BCUT2D eigenvalue weighted by molar-refractivity contribution is -0.117. The molecule has 1 N–H and O–H groups in total. The molecule has 0 spiro atoms. The highest BCUT2D eigenvalue weighted by molar-refractivity contribution is 8.01. The van der Waals surface area contributed by atoms with E-state index in [-0.39, 0.29) is 11.4 Å². The summed E-state index contributed by atoms with van der Waals surface area (Å²) in [6, 6.07) is 11.9. The van der Waals surface area contributed by atoms with Crippen LogP contribution in [0.5, 0.6) is 0 Å². The quantitative estimate of drug-likeness (QED) is 0.318. The molecule has 0 bridgehead atoms. The van der Waals surface area contributed by atoms with Gasteiger partial charge in [-0.2, -0.15) is 0 Å². The number of carbonyl (C=O) groups is 2. The second kappa shape index (κ2) is 8.48. The Bertz CT molecular complexity index is 1060. The summed E-state index contributed by atoms with van der Waals surface area (Å²) in [4.78, 5) is 28.0. The molecule has 0 unspecified atom stereocenters. The lowest BCUT2D eigenvalue weighted by atomic mass is 9.96. The number of hydrogen-bond acceptors (Lipinski definition) is 8. The zero-order valence-corrected chi connectivity index (χ0v) is 17.9. The molecule has 0 fully saturated rings. The van der Waals surface area contributed by atoms with Crippen LogP contribution < -0.4 is 4.90 Å². The largest absolute Gasteiger partial charge is 0.503 e. The van der Waals surface area contributed by atoms with Crippen molar-refractivity contribution in [3.63, 3.8) is 0 Å². The van der Waals surface area contributed by atoms with Crippen molar-refractivity contribution in [1.29, 1.82) is 0 Å². The normalized spacial score (nSPS) is 16.7. The van der Waals surface area contributed by atoms with Crippen molar-refractivity contribution in [2.75, 3.05) is 10.7 Å². The highest BCUT2D eigenvalue weighted by Gasteiger charge is 2.46. The van der Waals surface area contributed by atoms with Crippen molar-refractivity contribution >= 4 is 51.3 Å². The molecule has 29 heavy (non-hydrogen) atoms. The summed E-state index contributed by atoms with van der Waals surface area (Å²) in [5, 5.41) is 21.2. The second-order valence-electron chi connectivity index (χ2n) is 6.26. The molecule has 1 amide bonds. The van der Waals surface area contributed by atoms with Gasteiger partial charge in [0.05, 0.1) is 16.5 Å². The van der Waals surface area contributed by atoms with Gasteiger partial charge in [0, 0.05) is 5.75 Å². The number of benzene rings is 1. The van der Waals surface area contributed by atoms with E-state index in [0.717, 1.165) is 22.1 Å². The molecule has 3 aromatic rings. The first-order valence-electron chi connectivity index (χ1n) is 8.98. The monoisotopic (exact) mass is 443 g/mol. The van der Waals surface area contributed by atoms with Crippen molar-refractivity contribution < 1.29 is 14.7 Å². The van der Waals surface area contributed by atoms with Gasteiger partial charge in [-0.25, -0.2) is 0 Å². The average Bonchev–Trinajstić information content (AvgIpc) is 3.48. The van der Waals surface area contributed by atoms with E-state index in [9.17, 15) is 14.7 Å². The number of ketones is 1. The molecular formula is C20H17N3O3S3. The van der Waals surface area contributed by atoms with E-state index in [1.807, 2.05) is 30.3 Å². The number of amides is 1. The molecule has 1 atom stereocenters. The van der Waals surface area contributed by atoms with Crippen LogP contribution in [0.1, 0.15) is 34.6 Å². The molecule has 1 aliphatic heterocycles. The minimum absolute atomic E-state index is 0.0709. The smallest absolute Gasteiger partial charge is 0.296 e. The van der Waals surface area contributed by atoms with Gasteiger partial charge in [-0.15, -0.1) is 21.5 Å². The van der Waals surface area contributed by atoms with Crippen LogP contribution in [0.4, 0.5) is 5.13 Å². The van der Waals surface area contributed by atoms with E-state index < -0.39 is 17.7 Å². The van der Waals surface area contributed by atoms with Gasteiger partial charge in [0.25, 0.3) is 5.91 Å². The third-order valence-electron chi connectivity index (χ3n) is 4.34. The Labute approximate surface area is 179 Å². The van der Waals surface area contributed by atoms with Gasteiger partial charge in [0.1, 0.15) is 0 Å². The zero-order chi connectivity index (χ0) is 20.4. The fraction of sp³-hybridized carbons (Fsp3) is 0.200. The summed E-state index contributed by atoms with van der Waals surface area (Å²) in [5.74, 6) is -0.625. The Morgan fingerprint density at radius 3 is 2.69 bits per heavy atom. The van der Waals surface area contributed by atoms with Crippen LogP contribution in [-0.4, -0.2) is 32.7 Å². The average molecular weight is 444 g/mol. The van der Waals surface area contributed by atoms with Crippen LogP contribution in [0, 0.1) is 0 Å². The molecule has 148 valence electrons. The molecule has 0 aliphatic carbocycles. The number of nitrogens with zero attached hydrogens (tertiary/aromatic N) is 3. The zero-order valence-electron chi connectivity index (χ0n) is 15.4. The second-order valence-corrected chi connectivity index (χ2v) is 9.50. The van der Waals surface area contributed by atoms with Crippen molar-refractivity contribution in [3.05, 3.63) is 69.6 Å². The maximum absolute atomic E-state index is 13.1. The number of anilines is 1. The Kier molecular flexibility index (Phi) is 5.79. The van der Waals surface area contributed by atoms with Crippen LogP contribution in [0.3, 0.4) is 0 Å². The summed E-state index contributed by atoms with van der Waals surface area (Å²) >= 11 is 4.13. The van der Waals surface area contributed by atoms with Gasteiger partial charge < -0.3 is 5.11 Å². The first-order valence-corrected chi connectivity index (χ1v) is 11.7. The number of carbonyl (C=O) groups excluding carboxylic acids is 2. The number of aliphatic hydroxyl groups excluding tert-OH is 1. The maximum Gasteiger partial charge on any atom is 0.296 e. The molecular weight excluding hydrogens is 426 g/mol. The summed E-state index contributed by atoms with van der Waals surface area (Å²) < 4.78 is 0.749. The third-order valence-corrected chi connectivity index (χ3v) is 7.47. The Hall–Kier alpha value is -2.49. The number of Topliss-reactive ketones (excluding diaryl/α,β-unsaturated/α-hetero) is 1. The molecule has 3 heterocycles. The first-order chi connectivity index (χ1) is 14.1. The fourth-order valence-corrected chi connectivity index (χ4v) is 5.54. The van der Waals surface area contributed by atoms with E-state index in [2.05, 4.69) is 17.1 Å². The summed E-state index contributed by atoms with van der Waals surface area (Å²) in [5.41, 5.74) is 0.796. The van der Waals surface area contributed by atoms with E-state index in [1.165, 1.54) is 27.6 Å². The lowest BCUT2D eigenvalue weighted by Gasteiger charge is -2.23. The number of thiophene rings is 1. The lowest BCUT2D eigenvalue weighted by Crippen LogP contribution is -2.30. The Balaban J connectivity index is 1.78. The number of aromatic nitrogens is 2. The van der Waals surface area contributed by atoms with Crippen molar-refractivity contribution in [2.24, 2.45) is 0 Å². The van der Waals surface area contributed by atoms with Crippen LogP contribution in [-0.2, 0) is 4.79 Å². The first kappa shape index (κ1) is 19.8. The van der Waals surface area contributed by atoms with Crippen LogP contribution in [0.15, 0.2) is 63.5 Å². The van der Waals surface area contributed by atoms with Gasteiger partial charge in [0.15, 0.2) is 10.1 Å². The van der Waals surface area contributed by atoms with E-state index in [0.29, 0.717) is 10.0 Å². The molecule has 0 saturated heterocycles.